The number of methoxy groups -OCH3 is 3. The van der Waals surface area contributed by atoms with Gasteiger partial charge >= 0.3 is 0 Å². The average molecular weight is 360 g/mol. The fraction of sp³-hybridized carbons (Fsp3) is 0.182. The molecule has 2 heterocycles. The molecular formula is C22H20N2O3. The molecule has 0 bridgehead atoms. The van der Waals surface area contributed by atoms with Crippen molar-refractivity contribution in [2.45, 2.75) is 6.42 Å². The summed E-state index contributed by atoms with van der Waals surface area (Å²) in [7, 11) is 4.91. The van der Waals surface area contributed by atoms with E-state index in [0.29, 0.717) is 18.2 Å². The largest absolute Gasteiger partial charge is 0.497 e. The second kappa shape index (κ2) is 7.11. The van der Waals surface area contributed by atoms with Crippen LogP contribution in [-0.2, 0) is 6.42 Å². The highest BCUT2D eigenvalue weighted by atomic mass is 16.5. The van der Waals surface area contributed by atoms with Gasteiger partial charge in [0.15, 0.2) is 0 Å². The zero-order valence-electron chi connectivity index (χ0n) is 15.5. The van der Waals surface area contributed by atoms with E-state index in [0.717, 1.165) is 38.6 Å². The summed E-state index contributed by atoms with van der Waals surface area (Å²) in [5.41, 5.74) is 3.02. The predicted octanol–water partition coefficient (Wildman–Crippen LogP) is 4.40. The molecule has 4 aromatic rings. The van der Waals surface area contributed by atoms with E-state index in [1.54, 1.807) is 21.3 Å². The van der Waals surface area contributed by atoms with Gasteiger partial charge < -0.3 is 14.2 Å². The number of hydrogen-bond acceptors (Lipinski definition) is 5. The van der Waals surface area contributed by atoms with Gasteiger partial charge in [0.1, 0.15) is 5.75 Å². The summed E-state index contributed by atoms with van der Waals surface area (Å²) in [6, 6.07) is 16.1. The minimum absolute atomic E-state index is 0.563. The molecule has 136 valence electrons. The van der Waals surface area contributed by atoms with Gasteiger partial charge in [-0.1, -0.05) is 18.2 Å². The van der Waals surface area contributed by atoms with Gasteiger partial charge in [-0.05, 0) is 41.3 Å². The van der Waals surface area contributed by atoms with E-state index in [4.69, 9.17) is 14.2 Å². The van der Waals surface area contributed by atoms with E-state index in [1.165, 1.54) is 0 Å². The maximum absolute atomic E-state index is 5.56. The first-order valence-corrected chi connectivity index (χ1v) is 8.65. The molecule has 0 aliphatic heterocycles. The lowest BCUT2D eigenvalue weighted by Gasteiger charge is -2.14. The summed E-state index contributed by atoms with van der Waals surface area (Å²) < 4.78 is 16.3. The Bertz CT molecular complexity index is 1130. The minimum atomic E-state index is 0.563. The van der Waals surface area contributed by atoms with Gasteiger partial charge in [-0.25, -0.2) is 0 Å². The Morgan fingerprint density at radius 1 is 0.815 bits per heavy atom. The second-order valence-corrected chi connectivity index (χ2v) is 6.23. The highest BCUT2D eigenvalue weighted by molar-refractivity contribution is 5.91. The van der Waals surface area contributed by atoms with Gasteiger partial charge in [0.05, 0.1) is 26.8 Å². The smallest absolute Gasteiger partial charge is 0.224 e. The van der Waals surface area contributed by atoms with Crippen LogP contribution in [0.2, 0.25) is 0 Å². The Hall–Kier alpha value is -3.34. The van der Waals surface area contributed by atoms with Crippen LogP contribution >= 0.6 is 0 Å². The van der Waals surface area contributed by atoms with Crippen LogP contribution in [0.25, 0.3) is 21.7 Å². The van der Waals surface area contributed by atoms with Gasteiger partial charge in [-0.2, -0.15) is 4.98 Å². The number of aromatic nitrogens is 2. The Balaban J connectivity index is 1.84. The highest BCUT2D eigenvalue weighted by Crippen LogP contribution is 2.34. The molecule has 2 aromatic heterocycles. The number of benzene rings is 2. The van der Waals surface area contributed by atoms with Crippen molar-refractivity contribution in [3.63, 3.8) is 0 Å². The molecule has 0 amide bonds. The van der Waals surface area contributed by atoms with Gasteiger partial charge in [-0.15, -0.1) is 0 Å². The summed E-state index contributed by atoms with van der Waals surface area (Å²) in [5, 5.41) is 3.06. The van der Waals surface area contributed by atoms with Crippen LogP contribution in [0.1, 0.15) is 11.1 Å². The van der Waals surface area contributed by atoms with Gasteiger partial charge in [0.25, 0.3) is 0 Å². The van der Waals surface area contributed by atoms with Crippen molar-refractivity contribution in [1.29, 1.82) is 0 Å². The molecule has 27 heavy (non-hydrogen) atoms. The van der Waals surface area contributed by atoms with E-state index < -0.39 is 0 Å². The normalized spacial score (nSPS) is 10.9. The fourth-order valence-electron chi connectivity index (χ4n) is 3.35. The molecule has 2 aromatic carbocycles. The molecule has 5 heteroatoms. The molecule has 0 aliphatic carbocycles. The first-order valence-electron chi connectivity index (χ1n) is 8.65. The van der Waals surface area contributed by atoms with E-state index >= 15 is 0 Å². The topological polar surface area (TPSA) is 53.5 Å². The molecule has 0 fully saturated rings. The molecule has 0 atom stereocenters. The lowest BCUT2D eigenvalue weighted by molar-refractivity contribution is 0.366. The summed E-state index contributed by atoms with van der Waals surface area (Å²) in [5.74, 6) is 1.94. The van der Waals surface area contributed by atoms with Crippen molar-refractivity contribution in [3.05, 3.63) is 65.9 Å². The third-order valence-corrected chi connectivity index (χ3v) is 4.66. The van der Waals surface area contributed by atoms with Gasteiger partial charge in [0, 0.05) is 29.0 Å². The maximum atomic E-state index is 5.56. The molecule has 0 saturated heterocycles. The molecule has 0 aliphatic rings. The molecule has 0 N–H and O–H groups in total. The number of rotatable bonds is 5. The first-order chi connectivity index (χ1) is 13.2. The van der Waals surface area contributed by atoms with Crippen LogP contribution in [0, 0.1) is 0 Å². The number of pyridine rings is 2. The van der Waals surface area contributed by atoms with Crippen molar-refractivity contribution in [2.24, 2.45) is 0 Å². The van der Waals surface area contributed by atoms with Gasteiger partial charge in [0.2, 0.25) is 11.8 Å². The Morgan fingerprint density at radius 2 is 1.59 bits per heavy atom. The van der Waals surface area contributed by atoms with E-state index in [2.05, 4.69) is 22.1 Å². The fourth-order valence-corrected chi connectivity index (χ4v) is 3.35. The van der Waals surface area contributed by atoms with Crippen molar-refractivity contribution < 1.29 is 14.2 Å². The predicted molar refractivity (Wildman–Crippen MR) is 106 cm³/mol. The van der Waals surface area contributed by atoms with Crippen LogP contribution in [0.5, 0.6) is 17.5 Å². The van der Waals surface area contributed by atoms with Crippen LogP contribution in [0.15, 0.2) is 54.7 Å². The lowest BCUT2D eigenvalue weighted by Crippen LogP contribution is -2.01. The highest BCUT2D eigenvalue weighted by Gasteiger charge is 2.15. The van der Waals surface area contributed by atoms with Crippen LogP contribution in [0.4, 0.5) is 0 Å². The molecule has 4 rings (SSSR count). The number of nitrogens with zero attached hydrogens (tertiary/aromatic N) is 2. The number of fused-ring (bicyclic) bond motifs is 2. The first kappa shape index (κ1) is 17.1. The summed E-state index contributed by atoms with van der Waals surface area (Å²) in [6.07, 6.45) is 2.55. The molecule has 0 saturated carbocycles. The van der Waals surface area contributed by atoms with E-state index in [1.807, 2.05) is 42.6 Å². The summed E-state index contributed by atoms with van der Waals surface area (Å²) in [6.45, 7) is 0. The van der Waals surface area contributed by atoms with E-state index in [9.17, 15) is 0 Å². The zero-order chi connectivity index (χ0) is 18.8. The molecule has 5 nitrogen and oxygen atoms in total. The van der Waals surface area contributed by atoms with Crippen LogP contribution < -0.4 is 14.2 Å². The quantitative estimate of drug-likeness (QED) is 0.528. The summed E-state index contributed by atoms with van der Waals surface area (Å²) >= 11 is 0. The number of ether oxygens (including phenoxy) is 3. The van der Waals surface area contributed by atoms with Crippen molar-refractivity contribution in [2.75, 3.05) is 21.3 Å². The van der Waals surface area contributed by atoms with Crippen LogP contribution in [0.3, 0.4) is 0 Å². The monoisotopic (exact) mass is 360 g/mol. The van der Waals surface area contributed by atoms with Crippen molar-refractivity contribution >= 4 is 21.7 Å². The van der Waals surface area contributed by atoms with Crippen molar-refractivity contribution in [1.82, 2.24) is 9.97 Å². The van der Waals surface area contributed by atoms with Crippen LogP contribution in [-0.4, -0.2) is 31.3 Å². The number of hydrogen-bond donors (Lipinski definition) is 0. The maximum Gasteiger partial charge on any atom is 0.224 e. The molecule has 0 spiro atoms. The Morgan fingerprint density at radius 3 is 2.33 bits per heavy atom. The molecular weight excluding hydrogens is 340 g/mol. The van der Waals surface area contributed by atoms with Crippen molar-refractivity contribution in [3.8, 4) is 17.5 Å². The SMILES string of the molecule is COc1ccc2ncc(Cc3c(OC)nc(OC)c4ccccc34)cc2c1. The third kappa shape index (κ3) is 3.12. The Kier molecular flexibility index (Phi) is 4.50. The molecule has 0 radical (unpaired) electrons. The minimum Gasteiger partial charge on any atom is -0.497 e. The van der Waals surface area contributed by atoms with E-state index in [-0.39, 0.29) is 0 Å². The summed E-state index contributed by atoms with van der Waals surface area (Å²) in [4.78, 5) is 9.12. The standard InChI is InChI=1S/C22H20N2O3/c1-25-16-8-9-20-15(12-16)10-14(13-23-20)11-19-17-6-4-5-7-18(17)21(26-2)24-22(19)27-3/h4-10,12-13H,11H2,1-3H3. The Labute approximate surface area is 157 Å². The average Bonchev–Trinajstić information content (AvgIpc) is 2.73. The molecule has 0 unspecified atom stereocenters. The zero-order valence-corrected chi connectivity index (χ0v) is 15.5. The van der Waals surface area contributed by atoms with Gasteiger partial charge in [-0.3, -0.25) is 4.98 Å². The second-order valence-electron chi connectivity index (χ2n) is 6.23. The third-order valence-electron chi connectivity index (χ3n) is 4.66. The lowest BCUT2D eigenvalue weighted by atomic mass is 10.00.